The number of aromatic nitrogens is 2. The van der Waals surface area contributed by atoms with Crippen LogP contribution in [0, 0.1) is 0 Å². The van der Waals surface area contributed by atoms with Crippen molar-refractivity contribution < 1.29 is 14.1 Å². The minimum atomic E-state index is -0.319. The molecule has 1 atom stereocenters. The summed E-state index contributed by atoms with van der Waals surface area (Å²) in [6.07, 6.45) is 1.24. The summed E-state index contributed by atoms with van der Waals surface area (Å²) in [5.41, 5.74) is 0. The van der Waals surface area contributed by atoms with Crippen molar-refractivity contribution in [3.05, 3.63) is 33.6 Å². The Morgan fingerprint density at radius 1 is 1.53 bits per heavy atom. The van der Waals surface area contributed by atoms with E-state index in [0.717, 1.165) is 0 Å². The van der Waals surface area contributed by atoms with Crippen LogP contribution in [0.2, 0.25) is 4.34 Å². The number of thiophene rings is 1. The Labute approximate surface area is 117 Å². The molecular formula is C11H10ClN3O3S. The molecule has 1 amide bonds. The minimum absolute atomic E-state index is 0.0880. The molecule has 0 spiro atoms. The first-order chi connectivity index (χ1) is 9.25. The first kappa shape index (κ1) is 12.6. The van der Waals surface area contributed by atoms with Gasteiger partial charge in [0.05, 0.1) is 22.4 Å². The molecule has 1 aliphatic rings. The summed E-state index contributed by atoms with van der Waals surface area (Å²) in [6, 6.07) is 3.11. The third-order valence-corrected chi connectivity index (χ3v) is 4.07. The molecule has 8 heteroatoms. The number of amides is 1. The molecule has 0 saturated carbocycles. The van der Waals surface area contributed by atoms with Gasteiger partial charge in [0.25, 0.3) is 5.91 Å². The molecule has 1 unspecified atom stereocenters. The molecule has 0 aromatic carbocycles. The van der Waals surface area contributed by atoms with Crippen molar-refractivity contribution in [1.29, 1.82) is 0 Å². The summed E-state index contributed by atoms with van der Waals surface area (Å²) in [5.74, 6) is 0.366. The largest absolute Gasteiger partial charge is 0.377 e. The van der Waals surface area contributed by atoms with Crippen LogP contribution in [-0.4, -0.2) is 40.7 Å². The highest BCUT2D eigenvalue weighted by atomic mass is 35.5. The average Bonchev–Trinajstić information content (AvgIpc) is 3.09. The SMILES string of the molecule is O=C(c1ccc(Cl)s1)N1CCOCC1c1ncon1. The fourth-order valence-corrected chi connectivity index (χ4v) is 2.96. The Balaban J connectivity index is 1.86. The number of morpholine rings is 1. The van der Waals surface area contributed by atoms with Crippen LogP contribution in [0.4, 0.5) is 0 Å². The fraction of sp³-hybridized carbons (Fsp3) is 0.364. The number of ether oxygens (including phenoxy) is 1. The van der Waals surface area contributed by atoms with E-state index in [1.165, 1.54) is 17.7 Å². The quantitative estimate of drug-likeness (QED) is 0.848. The normalized spacial score (nSPS) is 19.6. The van der Waals surface area contributed by atoms with Gasteiger partial charge in [0.2, 0.25) is 6.39 Å². The maximum atomic E-state index is 12.5. The van der Waals surface area contributed by atoms with Crippen molar-refractivity contribution >= 4 is 28.8 Å². The van der Waals surface area contributed by atoms with Crippen LogP contribution >= 0.6 is 22.9 Å². The number of carbonyl (C=O) groups is 1. The van der Waals surface area contributed by atoms with Crippen molar-refractivity contribution in [2.45, 2.75) is 6.04 Å². The topological polar surface area (TPSA) is 68.5 Å². The second-order valence-corrected chi connectivity index (χ2v) is 5.70. The summed E-state index contributed by atoms with van der Waals surface area (Å²) in [5, 5.41) is 3.79. The molecule has 2 aromatic heterocycles. The predicted molar refractivity (Wildman–Crippen MR) is 68.2 cm³/mol. The van der Waals surface area contributed by atoms with Crippen molar-refractivity contribution in [3.63, 3.8) is 0 Å². The standard InChI is InChI=1S/C11H10ClN3O3S/c12-9-2-1-8(19-9)11(16)15-3-4-17-5-7(15)10-13-6-18-14-10/h1-2,6-7H,3-5H2. The van der Waals surface area contributed by atoms with Gasteiger partial charge in [-0.15, -0.1) is 11.3 Å². The molecule has 1 saturated heterocycles. The zero-order valence-corrected chi connectivity index (χ0v) is 11.4. The summed E-state index contributed by atoms with van der Waals surface area (Å²) < 4.78 is 10.7. The molecule has 2 aromatic rings. The van der Waals surface area contributed by atoms with Crippen molar-refractivity contribution in [2.75, 3.05) is 19.8 Å². The summed E-state index contributed by atoms with van der Waals surface area (Å²) in [7, 11) is 0. The lowest BCUT2D eigenvalue weighted by Crippen LogP contribution is -2.43. The maximum Gasteiger partial charge on any atom is 0.264 e. The molecule has 6 nitrogen and oxygen atoms in total. The third kappa shape index (κ3) is 2.49. The third-order valence-electron chi connectivity index (χ3n) is 2.85. The van der Waals surface area contributed by atoms with Crippen LogP contribution in [0.15, 0.2) is 23.0 Å². The molecule has 1 aliphatic heterocycles. The highest BCUT2D eigenvalue weighted by molar-refractivity contribution is 7.17. The number of nitrogens with zero attached hydrogens (tertiary/aromatic N) is 3. The summed E-state index contributed by atoms with van der Waals surface area (Å²) in [4.78, 5) is 18.7. The van der Waals surface area contributed by atoms with E-state index in [1.54, 1.807) is 17.0 Å². The molecule has 1 fully saturated rings. The minimum Gasteiger partial charge on any atom is -0.377 e. The van der Waals surface area contributed by atoms with Gasteiger partial charge in [0, 0.05) is 6.54 Å². The summed E-state index contributed by atoms with van der Waals surface area (Å²) in [6.45, 7) is 1.36. The molecule has 0 N–H and O–H groups in total. The van der Waals surface area contributed by atoms with Crippen LogP contribution in [0.3, 0.4) is 0 Å². The lowest BCUT2D eigenvalue weighted by Gasteiger charge is -2.33. The van der Waals surface area contributed by atoms with Gasteiger partial charge >= 0.3 is 0 Å². The lowest BCUT2D eigenvalue weighted by molar-refractivity contribution is -0.00550. The van der Waals surface area contributed by atoms with Gasteiger partial charge < -0.3 is 14.2 Å². The average molecular weight is 300 g/mol. The number of hydrogen-bond acceptors (Lipinski definition) is 6. The molecule has 100 valence electrons. The molecular weight excluding hydrogens is 290 g/mol. The van der Waals surface area contributed by atoms with E-state index in [4.69, 9.17) is 20.9 Å². The number of hydrogen-bond donors (Lipinski definition) is 0. The Morgan fingerprint density at radius 2 is 2.42 bits per heavy atom. The highest BCUT2D eigenvalue weighted by Crippen LogP contribution is 2.27. The number of halogens is 1. The van der Waals surface area contributed by atoms with E-state index in [0.29, 0.717) is 34.8 Å². The Bertz CT molecular complexity index is 572. The van der Waals surface area contributed by atoms with Crippen LogP contribution in [-0.2, 0) is 4.74 Å². The monoisotopic (exact) mass is 299 g/mol. The van der Waals surface area contributed by atoms with Crippen LogP contribution in [0.25, 0.3) is 0 Å². The smallest absolute Gasteiger partial charge is 0.264 e. The van der Waals surface area contributed by atoms with E-state index in [1.807, 2.05) is 0 Å². The second-order valence-electron chi connectivity index (χ2n) is 3.98. The molecule has 0 bridgehead atoms. The fourth-order valence-electron chi connectivity index (χ4n) is 1.96. The van der Waals surface area contributed by atoms with Crippen LogP contribution in [0.5, 0.6) is 0 Å². The van der Waals surface area contributed by atoms with Gasteiger partial charge in [-0.2, -0.15) is 4.98 Å². The van der Waals surface area contributed by atoms with Crippen molar-refractivity contribution in [3.8, 4) is 0 Å². The zero-order chi connectivity index (χ0) is 13.2. The second kappa shape index (κ2) is 5.28. The molecule has 19 heavy (non-hydrogen) atoms. The van der Waals surface area contributed by atoms with E-state index in [-0.39, 0.29) is 11.9 Å². The van der Waals surface area contributed by atoms with E-state index < -0.39 is 0 Å². The van der Waals surface area contributed by atoms with E-state index in [9.17, 15) is 4.79 Å². The van der Waals surface area contributed by atoms with Gasteiger partial charge in [0.15, 0.2) is 5.82 Å². The van der Waals surface area contributed by atoms with Crippen molar-refractivity contribution in [2.24, 2.45) is 0 Å². The predicted octanol–water partition coefficient (Wildman–Crippen LogP) is 2.00. The van der Waals surface area contributed by atoms with Crippen molar-refractivity contribution in [1.82, 2.24) is 15.0 Å². The van der Waals surface area contributed by atoms with Gasteiger partial charge in [0.1, 0.15) is 6.04 Å². The highest BCUT2D eigenvalue weighted by Gasteiger charge is 2.32. The first-order valence-electron chi connectivity index (χ1n) is 5.66. The Kier molecular flexibility index (Phi) is 3.50. The van der Waals surface area contributed by atoms with Gasteiger partial charge in [-0.3, -0.25) is 4.79 Å². The van der Waals surface area contributed by atoms with E-state index in [2.05, 4.69) is 10.1 Å². The lowest BCUT2D eigenvalue weighted by atomic mass is 10.2. The van der Waals surface area contributed by atoms with Crippen LogP contribution in [0.1, 0.15) is 21.5 Å². The molecule has 0 aliphatic carbocycles. The van der Waals surface area contributed by atoms with Gasteiger partial charge in [-0.25, -0.2) is 0 Å². The molecule has 3 rings (SSSR count). The van der Waals surface area contributed by atoms with E-state index >= 15 is 0 Å². The van der Waals surface area contributed by atoms with Crippen LogP contribution < -0.4 is 0 Å². The molecule has 3 heterocycles. The number of rotatable bonds is 2. The number of carbonyl (C=O) groups excluding carboxylic acids is 1. The summed E-state index contributed by atoms with van der Waals surface area (Å²) >= 11 is 7.12. The molecule has 0 radical (unpaired) electrons. The maximum absolute atomic E-state index is 12.5. The first-order valence-corrected chi connectivity index (χ1v) is 6.85. The Hall–Kier alpha value is -1.44. The van der Waals surface area contributed by atoms with Gasteiger partial charge in [-0.05, 0) is 12.1 Å². The Morgan fingerprint density at radius 3 is 3.11 bits per heavy atom. The van der Waals surface area contributed by atoms with Gasteiger partial charge in [-0.1, -0.05) is 16.8 Å². The zero-order valence-electron chi connectivity index (χ0n) is 9.78.